The Bertz CT molecular complexity index is 1880. The molecule has 0 N–H and O–H groups in total. The van der Waals surface area contributed by atoms with E-state index in [0.717, 1.165) is 61.3 Å². The number of hydrogen-bond acceptors (Lipinski definition) is 6. The highest BCUT2D eigenvalue weighted by Gasteiger charge is 2.44. The van der Waals surface area contributed by atoms with Gasteiger partial charge in [-0.15, -0.1) is 12.4 Å². The van der Waals surface area contributed by atoms with Gasteiger partial charge in [0.25, 0.3) is 5.91 Å². The Labute approximate surface area is 317 Å². The minimum atomic E-state index is -4.61. The number of alkyl halides is 3. The van der Waals surface area contributed by atoms with Crippen molar-refractivity contribution in [2.24, 2.45) is 4.99 Å². The highest BCUT2D eigenvalue weighted by Crippen LogP contribution is 2.46. The van der Waals surface area contributed by atoms with E-state index in [1.54, 1.807) is 55.1 Å². The monoisotopic (exact) mass is 772 g/mol. The number of aliphatic imine (C=N–C) groups is 1. The molecule has 0 saturated carbocycles. The third-order valence-corrected chi connectivity index (χ3v) is 9.53. The second-order valence-corrected chi connectivity index (χ2v) is 13.8. The molecule has 2 aliphatic rings. The number of ether oxygens (including phenoxy) is 1. The van der Waals surface area contributed by atoms with Crippen molar-refractivity contribution in [3.63, 3.8) is 0 Å². The van der Waals surface area contributed by atoms with Crippen LogP contribution in [0.4, 0.5) is 13.2 Å². The Balaban J connectivity index is 0.00000523. The van der Waals surface area contributed by atoms with Crippen LogP contribution in [0.15, 0.2) is 96.0 Å². The number of halogens is 6. The first kappa shape index (κ1) is 39.3. The molecule has 2 aliphatic heterocycles. The number of hydrogen-bond donors (Lipinski definition) is 0. The van der Waals surface area contributed by atoms with Gasteiger partial charge in [0.15, 0.2) is 0 Å². The highest BCUT2D eigenvalue weighted by molar-refractivity contribution is 6.30. The Hall–Kier alpha value is -3.93. The molecule has 0 bridgehead atoms. The quantitative estimate of drug-likeness (QED) is 0.151. The van der Waals surface area contributed by atoms with Crippen LogP contribution < -0.4 is 4.74 Å². The summed E-state index contributed by atoms with van der Waals surface area (Å²) in [6, 6.07) is 23.5. The lowest BCUT2D eigenvalue weighted by atomic mass is 9.93. The van der Waals surface area contributed by atoms with E-state index in [-0.39, 0.29) is 35.5 Å². The van der Waals surface area contributed by atoms with Gasteiger partial charge in [-0.1, -0.05) is 59.6 Å². The van der Waals surface area contributed by atoms with Crippen LogP contribution in [0.1, 0.15) is 64.1 Å². The number of nitrogens with zero attached hydrogens (tertiary/aromatic N) is 4. The van der Waals surface area contributed by atoms with E-state index in [1.807, 2.05) is 36.4 Å². The molecule has 274 valence electrons. The standard InChI is InChI=1S/C39H37Cl2F3N4O3.ClH/c1-25(2)51-34-23-30(39(42,43)44)11-16-33(34)37-45-35(27-7-12-31(40)13-8-27)36(28-9-14-32(41)15-10-28)48(37)38(50)29-5-3-26(4-6-29)24-47-19-17-46(18-20-47)21-22-49;/h3-16,22-23,25,35-36H,17-21,24H2,1-2H3;1H. The largest absolute Gasteiger partial charge is 0.490 e. The lowest BCUT2D eigenvalue weighted by Gasteiger charge is -2.33. The zero-order chi connectivity index (χ0) is 36.3. The lowest BCUT2D eigenvalue weighted by molar-refractivity contribution is -0.137. The SMILES string of the molecule is CC(C)Oc1cc(C(F)(F)F)ccc1C1=NC(c2ccc(Cl)cc2)C(c2ccc(Cl)cc2)N1C(=O)c1ccc(CN2CCN(CC=O)CC2)cc1.Cl. The van der Waals surface area contributed by atoms with Gasteiger partial charge in [0.05, 0.1) is 29.8 Å². The van der Waals surface area contributed by atoms with Crippen LogP contribution in [0.25, 0.3) is 0 Å². The first-order valence-electron chi connectivity index (χ1n) is 16.7. The van der Waals surface area contributed by atoms with E-state index in [2.05, 4.69) is 9.80 Å². The molecule has 1 saturated heterocycles. The molecule has 52 heavy (non-hydrogen) atoms. The number of piperazine rings is 1. The van der Waals surface area contributed by atoms with Crippen molar-refractivity contribution in [3.8, 4) is 5.75 Å². The van der Waals surface area contributed by atoms with Gasteiger partial charge in [-0.3, -0.25) is 24.5 Å². The second kappa shape index (κ2) is 16.8. The van der Waals surface area contributed by atoms with Crippen LogP contribution in [0.3, 0.4) is 0 Å². The lowest BCUT2D eigenvalue weighted by Crippen LogP contribution is -2.46. The summed E-state index contributed by atoms with van der Waals surface area (Å²) in [6.07, 6.45) is -4.14. The molecule has 2 heterocycles. The number of amides is 1. The van der Waals surface area contributed by atoms with Gasteiger partial charge in [-0.2, -0.15) is 13.2 Å². The summed E-state index contributed by atoms with van der Waals surface area (Å²) in [4.78, 5) is 36.8. The van der Waals surface area contributed by atoms with Gasteiger partial charge < -0.3 is 9.53 Å². The molecule has 2 atom stereocenters. The zero-order valence-corrected chi connectivity index (χ0v) is 30.9. The number of rotatable bonds is 10. The minimum Gasteiger partial charge on any atom is -0.490 e. The van der Waals surface area contributed by atoms with E-state index in [1.165, 1.54) is 6.07 Å². The second-order valence-electron chi connectivity index (χ2n) is 12.9. The van der Waals surface area contributed by atoms with E-state index < -0.39 is 29.9 Å². The number of carbonyl (C=O) groups is 2. The first-order chi connectivity index (χ1) is 24.4. The average molecular weight is 774 g/mol. The van der Waals surface area contributed by atoms with E-state index >= 15 is 0 Å². The van der Waals surface area contributed by atoms with Gasteiger partial charge in [-0.25, -0.2) is 0 Å². The molecule has 0 aromatic heterocycles. The summed E-state index contributed by atoms with van der Waals surface area (Å²) >= 11 is 12.5. The van der Waals surface area contributed by atoms with E-state index in [9.17, 15) is 22.8 Å². The van der Waals surface area contributed by atoms with Crippen molar-refractivity contribution < 1.29 is 27.5 Å². The molecule has 0 aliphatic carbocycles. The zero-order valence-electron chi connectivity index (χ0n) is 28.5. The summed E-state index contributed by atoms with van der Waals surface area (Å²) in [5.41, 5.74) is 2.28. The van der Waals surface area contributed by atoms with Gasteiger partial charge in [-0.05, 0) is 85.1 Å². The highest BCUT2D eigenvalue weighted by atomic mass is 35.5. The Morgan fingerprint density at radius 1 is 0.865 bits per heavy atom. The molecular weight excluding hydrogens is 736 g/mol. The smallest absolute Gasteiger partial charge is 0.416 e. The average Bonchev–Trinajstić information content (AvgIpc) is 3.49. The Kier molecular flexibility index (Phi) is 12.7. The summed E-state index contributed by atoms with van der Waals surface area (Å²) in [6.45, 7) is 7.83. The normalized spacial score (nSPS) is 18.2. The fourth-order valence-electron chi connectivity index (χ4n) is 6.49. The predicted octanol–water partition coefficient (Wildman–Crippen LogP) is 8.92. The molecule has 4 aromatic rings. The number of aldehydes is 1. The van der Waals surface area contributed by atoms with Crippen LogP contribution in [0.2, 0.25) is 10.0 Å². The molecule has 1 fully saturated rings. The molecule has 0 spiro atoms. The summed E-state index contributed by atoms with van der Waals surface area (Å²) in [5, 5.41) is 1.03. The van der Waals surface area contributed by atoms with Crippen LogP contribution in [0, 0.1) is 0 Å². The molecule has 7 nitrogen and oxygen atoms in total. The van der Waals surface area contributed by atoms with Crippen molar-refractivity contribution in [1.82, 2.24) is 14.7 Å². The van der Waals surface area contributed by atoms with Crippen LogP contribution in [-0.2, 0) is 17.5 Å². The van der Waals surface area contributed by atoms with Crippen LogP contribution in [0.5, 0.6) is 5.75 Å². The van der Waals surface area contributed by atoms with Gasteiger partial charge in [0.1, 0.15) is 23.9 Å². The molecule has 13 heteroatoms. The third-order valence-electron chi connectivity index (χ3n) is 9.03. The van der Waals surface area contributed by atoms with Crippen molar-refractivity contribution in [2.45, 2.75) is 44.8 Å². The molecule has 0 radical (unpaired) electrons. The minimum absolute atomic E-state index is 0. The fraction of sp³-hybridized carbons (Fsp3) is 0.308. The first-order valence-corrected chi connectivity index (χ1v) is 17.4. The number of benzene rings is 4. The van der Waals surface area contributed by atoms with Crippen LogP contribution >= 0.6 is 35.6 Å². The molecule has 6 rings (SSSR count). The van der Waals surface area contributed by atoms with Crippen molar-refractivity contribution in [3.05, 3.63) is 134 Å². The van der Waals surface area contributed by atoms with E-state index in [0.29, 0.717) is 28.7 Å². The molecule has 4 aromatic carbocycles. The van der Waals surface area contributed by atoms with Crippen LogP contribution in [-0.4, -0.2) is 71.6 Å². The summed E-state index contributed by atoms with van der Waals surface area (Å²) in [7, 11) is 0. The predicted molar refractivity (Wildman–Crippen MR) is 200 cm³/mol. The molecular formula is C39H38Cl3F3N4O3. The summed E-state index contributed by atoms with van der Waals surface area (Å²) in [5.74, 6) is -0.234. The topological polar surface area (TPSA) is 65.5 Å². The molecule has 1 amide bonds. The Morgan fingerprint density at radius 3 is 2.00 bits per heavy atom. The van der Waals surface area contributed by atoms with Gasteiger partial charge >= 0.3 is 6.18 Å². The van der Waals surface area contributed by atoms with Gasteiger partial charge in [0.2, 0.25) is 0 Å². The Morgan fingerprint density at radius 2 is 1.44 bits per heavy atom. The fourth-order valence-corrected chi connectivity index (χ4v) is 6.74. The maximum atomic E-state index is 14.8. The maximum Gasteiger partial charge on any atom is 0.416 e. The number of amidine groups is 1. The van der Waals surface area contributed by atoms with E-state index in [4.69, 9.17) is 32.9 Å². The van der Waals surface area contributed by atoms with Crippen molar-refractivity contribution in [2.75, 3.05) is 32.7 Å². The maximum absolute atomic E-state index is 14.8. The van der Waals surface area contributed by atoms with Crippen molar-refractivity contribution in [1.29, 1.82) is 0 Å². The summed E-state index contributed by atoms with van der Waals surface area (Å²) < 4.78 is 47.7. The van der Waals surface area contributed by atoms with Crippen molar-refractivity contribution >= 4 is 53.6 Å². The third kappa shape index (κ3) is 8.98. The molecule has 2 unspecified atom stereocenters. The van der Waals surface area contributed by atoms with Gasteiger partial charge in [0, 0.05) is 48.3 Å². The number of carbonyl (C=O) groups excluding carboxylic acids is 2.